The molecule has 0 saturated heterocycles. The molecule has 9 aromatic rings. The molecule has 2 heteroatoms. The molecule has 314 valence electrons. The zero-order chi connectivity index (χ0) is 43.2. The van der Waals surface area contributed by atoms with E-state index in [-0.39, 0.29) is 5.41 Å². The summed E-state index contributed by atoms with van der Waals surface area (Å²) in [6.45, 7) is 6.85. The summed E-state index contributed by atoms with van der Waals surface area (Å²) < 4.78 is 0. The number of rotatable bonds is 5. The average molecular weight is 837 g/mol. The van der Waals surface area contributed by atoms with E-state index in [0.717, 1.165) is 51.6 Å². The SMILES string of the molecule is CC1(C)C2=C(CCC(c3ccccc3-c3c4cc(N5CCCc6ccccc65)ccc4c(-c4cccc5ccccc45)c4cc(N5CCCc6ccccc65)ccc34)=C2)c2ccccc21. The van der Waals surface area contributed by atoms with Gasteiger partial charge in [0.25, 0.3) is 0 Å². The zero-order valence-corrected chi connectivity index (χ0v) is 37.4. The fourth-order valence-corrected chi connectivity index (χ4v) is 12.4. The Morgan fingerprint density at radius 3 is 1.65 bits per heavy atom. The monoisotopic (exact) mass is 836 g/mol. The van der Waals surface area contributed by atoms with Crippen LogP contribution >= 0.6 is 0 Å². The van der Waals surface area contributed by atoms with E-state index >= 15 is 0 Å². The van der Waals surface area contributed by atoms with Crippen molar-refractivity contribution in [2.45, 2.75) is 57.8 Å². The number of aryl methyl sites for hydroxylation is 2. The Kier molecular flexibility index (Phi) is 8.82. The van der Waals surface area contributed by atoms with Gasteiger partial charge in [-0.05, 0) is 174 Å². The molecule has 65 heavy (non-hydrogen) atoms. The highest BCUT2D eigenvalue weighted by Gasteiger charge is 2.38. The number of hydrogen-bond acceptors (Lipinski definition) is 2. The van der Waals surface area contributed by atoms with E-state index in [1.54, 1.807) is 0 Å². The number of fused-ring (bicyclic) bond motifs is 7. The second-order valence-electron chi connectivity index (χ2n) is 19.3. The number of allylic oxidation sites excluding steroid dienone is 4. The average Bonchev–Trinajstić information content (AvgIpc) is 3.59. The molecule has 0 spiro atoms. The summed E-state index contributed by atoms with van der Waals surface area (Å²) in [5, 5.41) is 7.73. The molecule has 2 aliphatic heterocycles. The third kappa shape index (κ3) is 6.00. The van der Waals surface area contributed by atoms with Gasteiger partial charge in [-0.1, -0.05) is 159 Å². The first-order valence-electron chi connectivity index (χ1n) is 23.9. The van der Waals surface area contributed by atoms with Crippen molar-refractivity contribution in [3.63, 3.8) is 0 Å². The number of nitrogens with zero attached hydrogens (tertiary/aromatic N) is 2. The molecule has 0 radical (unpaired) electrons. The Labute approximate surface area is 382 Å². The maximum Gasteiger partial charge on any atom is 0.0443 e. The summed E-state index contributed by atoms with van der Waals surface area (Å²) in [5.74, 6) is 0. The van der Waals surface area contributed by atoms with Crippen molar-refractivity contribution in [1.82, 2.24) is 0 Å². The summed E-state index contributed by atoms with van der Waals surface area (Å²) in [7, 11) is 0. The minimum atomic E-state index is -0.0465. The van der Waals surface area contributed by atoms with Crippen LogP contribution in [0.2, 0.25) is 0 Å². The smallest absolute Gasteiger partial charge is 0.0443 e. The van der Waals surface area contributed by atoms with Gasteiger partial charge in [0.05, 0.1) is 0 Å². The van der Waals surface area contributed by atoms with Crippen molar-refractivity contribution < 1.29 is 0 Å². The predicted octanol–water partition coefficient (Wildman–Crippen LogP) is 16.6. The van der Waals surface area contributed by atoms with Crippen molar-refractivity contribution in [3.8, 4) is 22.3 Å². The Morgan fingerprint density at radius 2 is 0.954 bits per heavy atom. The van der Waals surface area contributed by atoms with Crippen LogP contribution in [0.5, 0.6) is 0 Å². The van der Waals surface area contributed by atoms with Gasteiger partial charge in [-0.2, -0.15) is 0 Å². The Morgan fingerprint density at radius 1 is 0.415 bits per heavy atom. The van der Waals surface area contributed by atoms with Gasteiger partial charge < -0.3 is 9.80 Å². The largest absolute Gasteiger partial charge is 0.341 e. The molecule has 2 heterocycles. The molecule has 0 N–H and O–H groups in total. The topological polar surface area (TPSA) is 6.48 Å². The first-order chi connectivity index (χ1) is 32.0. The van der Waals surface area contributed by atoms with Gasteiger partial charge in [0, 0.05) is 41.3 Å². The third-order valence-corrected chi connectivity index (χ3v) is 15.4. The van der Waals surface area contributed by atoms with E-state index < -0.39 is 0 Å². The van der Waals surface area contributed by atoms with Crippen LogP contribution in [0.1, 0.15) is 67.3 Å². The highest BCUT2D eigenvalue weighted by atomic mass is 15.1. The predicted molar refractivity (Wildman–Crippen MR) is 277 cm³/mol. The molecule has 2 nitrogen and oxygen atoms in total. The maximum absolute atomic E-state index is 2.58. The summed E-state index contributed by atoms with van der Waals surface area (Å²) in [6, 6.07) is 67.2. The van der Waals surface area contributed by atoms with Crippen LogP contribution in [0.4, 0.5) is 22.7 Å². The van der Waals surface area contributed by atoms with Crippen molar-refractivity contribution in [2.75, 3.05) is 22.9 Å². The van der Waals surface area contributed by atoms with E-state index in [2.05, 4.69) is 206 Å². The number of benzene rings is 9. The van der Waals surface area contributed by atoms with E-state index in [9.17, 15) is 0 Å². The van der Waals surface area contributed by atoms with Gasteiger partial charge in [-0.25, -0.2) is 0 Å². The number of para-hydroxylation sites is 2. The minimum absolute atomic E-state index is 0.0465. The second kappa shape index (κ2) is 15.0. The van der Waals surface area contributed by atoms with Crippen LogP contribution in [-0.2, 0) is 18.3 Å². The quantitative estimate of drug-likeness (QED) is 0.159. The Hall–Kier alpha value is -7.16. The molecule has 0 atom stereocenters. The van der Waals surface area contributed by atoms with E-state index in [1.165, 1.54) is 122 Å². The van der Waals surface area contributed by atoms with Crippen molar-refractivity contribution in [3.05, 3.63) is 215 Å². The molecule has 2 aliphatic carbocycles. The van der Waals surface area contributed by atoms with Crippen molar-refractivity contribution in [2.24, 2.45) is 0 Å². The van der Waals surface area contributed by atoms with E-state index in [4.69, 9.17) is 0 Å². The fraction of sp³-hybridized carbons (Fsp3) is 0.175. The molecule has 0 bridgehead atoms. The lowest BCUT2D eigenvalue weighted by molar-refractivity contribution is 0.652. The van der Waals surface area contributed by atoms with Gasteiger partial charge >= 0.3 is 0 Å². The second-order valence-corrected chi connectivity index (χ2v) is 19.3. The van der Waals surface area contributed by atoms with Crippen molar-refractivity contribution >= 4 is 66.2 Å². The first kappa shape index (κ1) is 38.3. The Bertz CT molecular complexity index is 3480. The van der Waals surface area contributed by atoms with Crippen molar-refractivity contribution in [1.29, 1.82) is 0 Å². The molecular formula is C63H52N2. The van der Waals surface area contributed by atoms with Gasteiger partial charge in [0.2, 0.25) is 0 Å². The summed E-state index contributed by atoms with van der Waals surface area (Å²) in [4.78, 5) is 5.14. The molecule has 0 aromatic heterocycles. The number of hydrogen-bond donors (Lipinski definition) is 0. The molecular weight excluding hydrogens is 785 g/mol. The van der Waals surface area contributed by atoms with Crippen LogP contribution < -0.4 is 9.80 Å². The summed E-state index contributed by atoms with van der Waals surface area (Å²) >= 11 is 0. The lowest BCUT2D eigenvalue weighted by Crippen LogP contribution is -2.24. The Balaban J connectivity index is 1.12. The van der Waals surface area contributed by atoms with Gasteiger partial charge in [-0.15, -0.1) is 0 Å². The molecule has 9 aromatic carbocycles. The lowest BCUT2D eigenvalue weighted by atomic mass is 9.77. The number of anilines is 4. The van der Waals surface area contributed by atoms with Gasteiger partial charge in [0.15, 0.2) is 0 Å². The first-order valence-corrected chi connectivity index (χ1v) is 23.9. The highest BCUT2D eigenvalue weighted by molar-refractivity contribution is 6.25. The molecule has 4 aliphatic rings. The minimum Gasteiger partial charge on any atom is -0.341 e. The fourth-order valence-electron chi connectivity index (χ4n) is 12.4. The van der Waals surface area contributed by atoms with Gasteiger partial charge in [0.1, 0.15) is 0 Å². The molecule has 0 amide bonds. The zero-order valence-electron chi connectivity index (χ0n) is 37.4. The van der Waals surface area contributed by atoms with Crippen LogP contribution in [0.3, 0.4) is 0 Å². The van der Waals surface area contributed by atoms with Crippen LogP contribution in [-0.4, -0.2) is 13.1 Å². The van der Waals surface area contributed by atoms with Crippen LogP contribution in [0.25, 0.3) is 65.7 Å². The highest BCUT2D eigenvalue weighted by Crippen LogP contribution is 2.54. The normalized spacial score (nSPS) is 16.4. The van der Waals surface area contributed by atoms with E-state index in [1.807, 2.05) is 0 Å². The van der Waals surface area contributed by atoms with Gasteiger partial charge in [-0.3, -0.25) is 0 Å². The summed E-state index contributed by atoms with van der Waals surface area (Å²) in [6.07, 6.45) is 9.16. The maximum atomic E-state index is 2.58. The molecule has 0 saturated carbocycles. The molecule has 0 fully saturated rings. The molecule has 0 unspecified atom stereocenters. The summed E-state index contributed by atoms with van der Waals surface area (Å²) in [5.41, 5.74) is 21.9. The van der Waals surface area contributed by atoms with E-state index in [0.29, 0.717) is 0 Å². The third-order valence-electron chi connectivity index (χ3n) is 15.4. The standard InChI is InChI=1S/C63H52N2/c1-63(2)57-27-10-9-24-49(57)50-33-30-44(38-58(50)63)48-23-7-8-25-51(48)61-53-34-31-46(65-37-15-21-43-18-5-12-29-60(43)65)40-56(53)62(52-26-13-19-41-16-3-6-22-47(41)52)54-35-32-45(39-55(54)61)64-36-14-20-42-17-4-11-28-59(42)64/h3-13,16-19,22-29,31-32,34-35,38-40H,14-15,20-21,30,33,36-37H2,1-2H3. The lowest BCUT2D eigenvalue weighted by Gasteiger charge is -2.33. The van der Waals surface area contributed by atoms with Crippen LogP contribution in [0, 0.1) is 0 Å². The van der Waals surface area contributed by atoms with Crippen LogP contribution in [0.15, 0.2) is 188 Å². The molecule has 13 rings (SSSR count).